The number of aryl methyl sites for hydroxylation is 1. The number of carbonyl (C=O) groups is 2. The fourth-order valence-corrected chi connectivity index (χ4v) is 3.67. The summed E-state index contributed by atoms with van der Waals surface area (Å²) in [5.41, 5.74) is 7.63. The van der Waals surface area contributed by atoms with E-state index >= 15 is 0 Å². The predicted octanol–water partition coefficient (Wildman–Crippen LogP) is 2.03. The number of carbonyl (C=O) groups excluding carboxylic acids is 2. The van der Waals surface area contributed by atoms with Crippen molar-refractivity contribution in [3.8, 4) is 0 Å². The number of hydrazine groups is 1. The summed E-state index contributed by atoms with van der Waals surface area (Å²) in [5, 5.41) is 4.43. The van der Waals surface area contributed by atoms with E-state index in [-0.39, 0.29) is 10.5 Å². The third kappa shape index (κ3) is 4.74. The molecule has 156 valence electrons. The first-order valence-corrected chi connectivity index (χ1v) is 11.0. The standard InChI is InChI=1S/C21H22N4O4S/c1-14-19(15(2)25(24-14)13-16-7-5-4-6-8-16)21(27)23-22-20(26)17-9-11-18(12-10-17)30(3,28)29/h4-12H,13H2,1-3H3,(H,22,26)(H,23,27). The first-order valence-electron chi connectivity index (χ1n) is 9.15. The molecule has 2 aromatic carbocycles. The van der Waals surface area contributed by atoms with Crippen molar-refractivity contribution in [2.24, 2.45) is 0 Å². The second-order valence-electron chi connectivity index (χ2n) is 6.89. The van der Waals surface area contributed by atoms with Gasteiger partial charge < -0.3 is 0 Å². The summed E-state index contributed by atoms with van der Waals surface area (Å²) in [7, 11) is -3.35. The Hall–Kier alpha value is -3.46. The van der Waals surface area contributed by atoms with Gasteiger partial charge in [0.1, 0.15) is 0 Å². The van der Waals surface area contributed by atoms with Crippen molar-refractivity contribution in [1.29, 1.82) is 0 Å². The van der Waals surface area contributed by atoms with E-state index in [4.69, 9.17) is 0 Å². The fraction of sp³-hybridized carbons (Fsp3) is 0.190. The van der Waals surface area contributed by atoms with Gasteiger partial charge in [0.15, 0.2) is 9.84 Å². The lowest BCUT2D eigenvalue weighted by atomic mass is 10.2. The minimum absolute atomic E-state index is 0.111. The average Bonchev–Trinajstić information content (AvgIpc) is 2.99. The van der Waals surface area contributed by atoms with Gasteiger partial charge in [0.25, 0.3) is 11.8 Å². The van der Waals surface area contributed by atoms with E-state index in [0.29, 0.717) is 23.5 Å². The zero-order chi connectivity index (χ0) is 21.9. The van der Waals surface area contributed by atoms with E-state index in [1.807, 2.05) is 30.3 Å². The van der Waals surface area contributed by atoms with Crippen LogP contribution in [-0.4, -0.2) is 36.3 Å². The number of hydrogen-bond acceptors (Lipinski definition) is 5. The summed E-state index contributed by atoms with van der Waals surface area (Å²) in [6, 6.07) is 15.2. The number of aromatic nitrogens is 2. The van der Waals surface area contributed by atoms with Crippen LogP contribution in [0.1, 0.15) is 37.7 Å². The van der Waals surface area contributed by atoms with E-state index in [2.05, 4.69) is 16.0 Å². The molecule has 0 bridgehead atoms. The van der Waals surface area contributed by atoms with Gasteiger partial charge in [-0.15, -0.1) is 0 Å². The van der Waals surface area contributed by atoms with Gasteiger partial charge in [0.05, 0.1) is 22.7 Å². The summed E-state index contributed by atoms with van der Waals surface area (Å²) in [4.78, 5) is 25.0. The Labute approximate surface area is 174 Å². The second kappa shape index (κ2) is 8.50. The number of nitrogens with one attached hydrogen (secondary N) is 2. The van der Waals surface area contributed by atoms with Crippen molar-refractivity contribution in [2.45, 2.75) is 25.3 Å². The van der Waals surface area contributed by atoms with Gasteiger partial charge in [0.2, 0.25) is 0 Å². The molecule has 3 aromatic rings. The van der Waals surface area contributed by atoms with Gasteiger partial charge in [0, 0.05) is 17.5 Å². The molecule has 0 spiro atoms. The molecule has 0 aliphatic heterocycles. The molecule has 0 saturated heterocycles. The van der Waals surface area contributed by atoms with E-state index in [0.717, 1.165) is 11.8 Å². The molecule has 2 amide bonds. The summed E-state index contributed by atoms with van der Waals surface area (Å²) >= 11 is 0. The molecule has 30 heavy (non-hydrogen) atoms. The first kappa shape index (κ1) is 21.3. The van der Waals surface area contributed by atoms with Crippen LogP contribution >= 0.6 is 0 Å². The molecule has 0 atom stereocenters. The molecular weight excluding hydrogens is 404 g/mol. The monoisotopic (exact) mass is 426 g/mol. The van der Waals surface area contributed by atoms with Crippen molar-refractivity contribution < 1.29 is 18.0 Å². The molecular formula is C21H22N4O4S. The van der Waals surface area contributed by atoms with Gasteiger partial charge in [-0.2, -0.15) is 5.10 Å². The number of hydrogen-bond donors (Lipinski definition) is 2. The molecule has 2 N–H and O–H groups in total. The largest absolute Gasteiger partial charge is 0.273 e. The number of rotatable bonds is 5. The van der Waals surface area contributed by atoms with Crippen molar-refractivity contribution in [3.63, 3.8) is 0 Å². The molecule has 0 radical (unpaired) electrons. The van der Waals surface area contributed by atoms with Gasteiger partial charge in [-0.3, -0.25) is 25.1 Å². The lowest BCUT2D eigenvalue weighted by molar-refractivity contribution is 0.0846. The molecule has 0 aliphatic carbocycles. The SMILES string of the molecule is Cc1nn(Cc2ccccc2)c(C)c1C(=O)NNC(=O)c1ccc(S(C)(=O)=O)cc1. The van der Waals surface area contributed by atoms with Crippen molar-refractivity contribution in [2.75, 3.05) is 6.26 Å². The Morgan fingerprint density at radius 3 is 2.13 bits per heavy atom. The maximum atomic E-state index is 12.6. The molecule has 8 nitrogen and oxygen atoms in total. The van der Waals surface area contributed by atoms with Crippen LogP contribution in [0.2, 0.25) is 0 Å². The van der Waals surface area contributed by atoms with E-state index < -0.39 is 21.7 Å². The van der Waals surface area contributed by atoms with E-state index in [9.17, 15) is 18.0 Å². The molecule has 0 unspecified atom stereocenters. The number of benzene rings is 2. The van der Waals surface area contributed by atoms with E-state index in [1.54, 1.807) is 18.5 Å². The smallest absolute Gasteiger partial charge is 0.267 e. The van der Waals surface area contributed by atoms with Crippen molar-refractivity contribution in [1.82, 2.24) is 20.6 Å². The Morgan fingerprint density at radius 2 is 1.53 bits per heavy atom. The van der Waals surface area contributed by atoms with Gasteiger partial charge in [-0.1, -0.05) is 30.3 Å². The number of nitrogens with zero attached hydrogens (tertiary/aromatic N) is 2. The van der Waals surface area contributed by atoms with Crippen molar-refractivity contribution in [3.05, 3.63) is 82.7 Å². The van der Waals surface area contributed by atoms with Gasteiger partial charge in [-0.05, 0) is 43.7 Å². The molecule has 9 heteroatoms. The highest BCUT2D eigenvalue weighted by atomic mass is 32.2. The third-order valence-electron chi connectivity index (χ3n) is 4.62. The highest BCUT2D eigenvalue weighted by Gasteiger charge is 2.19. The molecule has 0 fully saturated rings. The number of amides is 2. The van der Waals surface area contributed by atoms with Crippen LogP contribution in [0.5, 0.6) is 0 Å². The van der Waals surface area contributed by atoms with Crippen LogP contribution in [-0.2, 0) is 16.4 Å². The Morgan fingerprint density at radius 1 is 0.933 bits per heavy atom. The highest BCUT2D eigenvalue weighted by Crippen LogP contribution is 2.15. The Bertz CT molecular complexity index is 1180. The number of sulfone groups is 1. The van der Waals surface area contributed by atoms with Gasteiger partial charge in [-0.25, -0.2) is 8.42 Å². The molecule has 0 saturated carbocycles. The lowest BCUT2D eigenvalue weighted by Crippen LogP contribution is -2.42. The average molecular weight is 426 g/mol. The lowest BCUT2D eigenvalue weighted by Gasteiger charge is -2.09. The Balaban J connectivity index is 1.68. The molecule has 0 aliphatic rings. The quantitative estimate of drug-likeness (QED) is 0.607. The zero-order valence-corrected chi connectivity index (χ0v) is 17.7. The minimum atomic E-state index is -3.35. The maximum absolute atomic E-state index is 12.6. The summed E-state index contributed by atoms with van der Waals surface area (Å²) < 4.78 is 24.7. The van der Waals surface area contributed by atoms with Crippen LogP contribution in [0.4, 0.5) is 0 Å². The molecule has 1 heterocycles. The summed E-state index contributed by atoms with van der Waals surface area (Å²) in [6.45, 7) is 4.05. The van der Waals surface area contributed by atoms with Gasteiger partial charge >= 0.3 is 0 Å². The second-order valence-corrected chi connectivity index (χ2v) is 8.91. The topological polar surface area (TPSA) is 110 Å². The van der Waals surface area contributed by atoms with E-state index in [1.165, 1.54) is 24.3 Å². The minimum Gasteiger partial charge on any atom is -0.267 e. The van der Waals surface area contributed by atoms with Crippen molar-refractivity contribution >= 4 is 21.7 Å². The fourth-order valence-electron chi connectivity index (χ4n) is 3.04. The zero-order valence-electron chi connectivity index (χ0n) is 16.8. The third-order valence-corrected chi connectivity index (χ3v) is 5.75. The predicted molar refractivity (Wildman–Crippen MR) is 112 cm³/mol. The summed E-state index contributed by atoms with van der Waals surface area (Å²) in [5.74, 6) is -1.04. The normalized spacial score (nSPS) is 11.2. The Kier molecular flexibility index (Phi) is 6.02. The molecule has 1 aromatic heterocycles. The van der Waals surface area contributed by atoms with Crippen LogP contribution in [0, 0.1) is 13.8 Å². The molecule has 3 rings (SSSR count). The highest BCUT2D eigenvalue weighted by molar-refractivity contribution is 7.90. The first-order chi connectivity index (χ1) is 14.2. The summed E-state index contributed by atoms with van der Waals surface area (Å²) in [6.07, 6.45) is 1.09. The van der Waals surface area contributed by atoms with Crippen LogP contribution in [0.25, 0.3) is 0 Å². The van der Waals surface area contributed by atoms with Crippen LogP contribution < -0.4 is 10.9 Å². The van der Waals surface area contributed by atoms with Crippen LogP contribution in [0.15, 0.2) is 59.5 Å². The maximum Gasteiger partial charge on any atom is 0.273 e. The van der Waals surface area contributed by atoms with Crippen LogP contribution in [0.3, 0.4) is 0 Å².